The molecule has 0 spiro atoms. The van der Waals surface area contributed by atoms with Crippen LogP contribution in [0.15, 0.2) is 72.8 Å². The van der Waals surface area contributed by atoms with Gasteiger partial charge < -0.3 is 9.30 Å². The molecule has 170 valence electrons. The van der Waals surface area contributed by atoms with Gasteiger partial charge in [-0.2, -0.15) is 5.21 Å². The lowest BCUT2D eigenvalue weighted by Crippen LogP contribution is -2.14. The Hall–Kier alpha value is -4.00. The summed E-state index contributed by atoms with van der Waals surface area (Å²) >= 11 is 0. The molecular formula is C27H26N6O. The average Bonchev–Trinajstić information content (AvgIpc) is 3.57. The lowest BCUT2D eigenvalue weighted by Gasteiger charge is -2.25. The standard InChI is InChI=1S/C27H26N6O/c1-3-7-19(8-4-1)18-34-23-14-11-20(12-15-23)27-28-24-17-21(26-29-31-32-30-26)13-16-25(24)33(27)22-9-5-2-6-10-22/h1,3-4,7-8,11-17,22H,2,5-6,9-10,18H2,(H,29,30,31,32). The molecule has 0 radical (unpaired) electrons. The molecule has 0 unspecified atom stereocenters. The molecule has 0 saturated heterocycles. The molecule has 7 heteroatoms. The van der Waals surface area contributed by atoms with Crippen molar-refractivity contribution in [3.63, 3.8) is 0 Å². The number of imidazole rings is 1. The zero-order valence-electron chi connectivity index (χ0n) is 18.9. The Labute approximate surface area is 197 Å². The van der Waals surface area contributed by atoms with Crippen molar-refractivity contribution in [3.05, 3.63) is 78.4 Å². The predicted octanol–water partition coefficient (Wildman–Crippen LogP) is 5.97. The number of nitrogens with zero attached hydrogens (tertiary/aromatic N) is 5. The van der Waals surface area contributed by atoms with Crippen molar-refractivity contribution < 1.29 is 4.74 Å². The molecule has 1 saturated carbocycles. The van der Waals surface area contributed by atoms with Crippen LogP contribution in [0.2, 0.25) is 0 Å². The minimum atomic E-state index is 0.457. The summed E-state index contributed by atoms with van der Waals surface area (Å²) in [7, 11) is 0. The Bertz CT molecular complexity index is 1370. The molecule has 6 rings (SSSR count). The second kappa shape index (κ2) is 9.09. The van der Waals surface area contributed by atoms with Crippen LogP contribution in [0.1, 0.15) is 43.7 Å². The van der Waals surface area contributed by atoms with Crippen LogP contribution in [0.5, 0.6) is 5.75 Å². The van der Waals surface area contributed by atoms with Crippen molar-refractivity contribution in [1.82, 2.24) is 30.2 Å². The van der Waals surface area contributed by atoms with E-state index in [2.05, 4.69) is 67.7 Å². The number of hydrogen-bond acceptors (Lipinski definition) is 5. The van der Waals surface area contributed by atoms with Crippen LogP contribution in [-0.4, -0.2) is 30.2 Å². The van der Waals surface area contributed by atoms with E-state index in [1.807, 2.05) is 30.3 Å². The Kier molecular flexibility index (Phi) is 5.51. The topological polar surface area (TPSA) is 81.5 Å². The van der Waals surface area contributed by atoms with Crippen LogP contribution in [0.4, 0.5) is 0 Å². The summed E-state index contributed by atoms with van der Waals surface area (Å²) in [6.07, 6.45) is 6.20. The summed E-state index contributed by atoms with van der Waals surface area (Å²) in [5.41, 5.74) is 5.26. The number of ether oxygens (including phenoxy) is 1. The fourth-order valence-electron chi connectivity index (χ4n) is 4.88. The molecule has 0 amide bonds. The van der Waals surface area contributed by atoms with E-state index in [1.54, 1.807) is 0 Å². The molecule has 5 aromatic rings. The fraction of sp³-hybridized carbons (Fsp3) is 0.259. The van der Waals surface area contributed by atoms with Crippen LogP contribution in [0.3, 0.4) is 0 Å². The van der Waals surface area contributed by atoms with Crippen LogP contribution in [0.25, 0.3) is 33.8 Å². The largest absolute Gasteiger partial charge is 0.489 e. The van der Waals surface area contributed by atoms with Crippen molar-refractivity contribution in [1.29, 1.82) is 0 Å². The van der Waals surface area contributed by atoms with E-state index >= 15 is 0 Å². The molecule has 0 bridgehead atoms. The number of H-pyrrole nitrogens is 1. The third-order valence-electron chi connectivity index (χ3n) is 6.59. The third kappa shape index (κ3) is 4.05. The number of benzene rings is 3. The van der Waals surface area contributed by atoms with Gasteiger partial charge in [-0.3, -0.25) is 0 Å². The van der Waals surface area contributed by atoms with Crippen molar-refractivity contribution in [2.24, 2.45) is 0 Å². The van der Waals surface area contributed by atoms with E-state index < -0.39 is 0 Å². The monoisotopic (exact) mass is 450 g/mol. The molecule has 0 atom stereocenters. The van der Waals surface area contributed by atoms with E-state index in [9.17, 15) is 0 Å². The maximum Gasteiger partial charge on any atom is 0.204 e. The van der Waals surface area contributed by atoms with Crippen LogP contribution < -0.4 is 4.74 Å². The second-order valence-corrected chi connectivity index (χ2v) is 8.83. The Morgan fingerprint density at radius 2 is 1.68 bits per heavy atom. The summed E-state index contributed by atoms with van der Waals surface area (Å²) in [6, 6.07) is 25.2. The fourth-order valence-corrected chi connectivity index (χ4v) is 4.88. The number of aromatic nitrogens is 6. The minimum absolute atomic E-state index is 0.457. The molecule has 3 aromatic carbocycles. The highest BCUT2D eigenvalue weighted by Crippen LogP contribution is 2.37. The van der Waals surface area contributed by atoms with Gasteiger partial charge in [-0.15, -0.1) is 10.2 Å². The second-order valence-electron chi connectivity index (χ2n) is 8.83. The number of hydrogen-bond donors (Lipinski definition) is 1. The number of aromatic amines is 1. The molecule has 1 aliphatic rings. The van der Waals surface area contributed by atoms with Crippen molar-refractivity contribution >= 4 is 11.0 Å². The first-order valence-corrected chi connectivity index (χ1v) is 11.9. The van der Waals surface area contributed by atoms with E-state index in [0.29, 0.717) is 18.5 Å². The quantitative estimate of drug-likeness (QED) is 0.345. The normalized spacial score (nSPS) is 14.5. The highest BCUT2D eigenvalue weighted by atomic mass is 16.5. The number of nitrogens with one attached hydrogen (secondary N) is 1. The van der Waals surface area contributed by atoms with Gasteiger partial charge in [0.05, 0.1) is 11.0 Å². The van der Waals surface area contributed by atoms with E-state index in [4.69, 9.17) is 9.72 Å². The first-order valence-electron chi connectivity index (χ1n) is 11.9. The van der Waals surface area contributed by atoms with Gasteiger partial charge >= 0.3 is 0 Å². The predicted molar refractivity (Wildman–Crippen MR) is 131 cm³/mol. The van der Waals surface area contributed by atoms with Crippen molar-refractivity contribution in [2.75, 3.05) is 0 Å². The SMILES string of the molecule is c1ccc(COc2ccc(-c3nc4cc(-c5nn[nH]n5)ccc4n3C3CCCCC3)cc2)cc1. The Morgan fingerprint density at radius 3 is 2.44 bits per heavy atom. The molecule has 34 heavy (non-hydrogen) atoms. The molecule has 2 heterocycles. The summed E-state index contributed by atoms with van der Waals surface area (Å²) in [4.78, 5) is 5.09. The number of rotatable bonds is 6. The van der Waals surface area contributed by atoms with Crippen LogP contribution in [-0.2, 0) is 6.61 Å². The first-order chi connectivity index (χ1) is 16.8. The van der Waals surface area contributed by atoms with Gasteiger partial charge in [-0.25, -0.2) is 4.98 Å². The maximum absolute atomic E-state index is 6.00. The van der Waals surface area contributed by atoms with E-state index in [-0.39, 0.29) is 0 Å². The zero-order chi connectivity index (χ0) is 22.7. The lowest BCUT2D eigenvalue weighted by atomic mass is 9.95. The summed E-state index contributed by atoms with van der Waals surface area (Å²) in [6.45, 7) is 0.555. The van der Waals surface area contributed by atoms with Gasteiger partial charge in [0.2, 0.25) is 5.82 Å². The molecule has 7 nitrogen and oxygen atoms in total. The molecule has 2 aromatic heterocycles. The molecular weight excluding hydrogens is 424 g/mol. The lowest BCUT2D eigenvalue weighted by molar-refractivity contribution is 0.306. The zero-order valence-corrected chi connectivity index (χ0v) is 18.9. The smallest absolute Gasteiger partial charge is 0.204 e. The van der Waals surface area contributed by atoms with Crippen LogP contribution >= 0.6 is 0 Å². The summed E-state index contributed by atoms with van der Waals surface area (Å²) in [5.74, 6) is 2.43. The van der Waals surface area contributed by atoms with Gasteiger partial charge in [0.1, 0.15) is 18.2 Å². The van der Waals surface area contributed by atoms with Crippen molar-refractivity contribution in [2.45, 2.75) is 44.8 Å². The van der Waals surface area contributed by atoms with Crippen LogP contribution in [0, 0.1) is 0 Å². The van der Waals surface area contributed by atoms with Gasteiger partial charge in [-0.1, -0.05) is 49.6 Å². The van der Waals surface area contributed by atoms with Gasteiger partial charge in [-0.05, 0) is 66.1 Å². The minimum Gasteiger partial charge on any atom is -0.489 e. The first kappa shape index (κ1) is 20.6. The summed E-state index contributed by atoms with van der Waals surface area (Å²) < 4.78 is 8.43. The Morgan fingerprint density at radius 1 is 0.882 bits per heavy atom. The molecule has 0 aliphatic heterocycles. The highest BCUT2D eigenvalue weighted by molar-refractivity contribution is 5.84. The number of tetrazole rings is 1. The highest BCUT2D eigenvalue weighted by Gasteiger charge is 2.23. The average molecular weight is 451 g/mol. The Balaban J connectivity index is 1.35. The number of fused-ring (bicyclic) bond motifs is 1. The van der Waals surface area contributed by atoms with Gasteiger partial charge in [0.15, 0.2) is 0 Å². The van der Waals surface area contributed by atoms with E-state index in [1.165, 1.54) is 32.1 Å². The van der Waals surface area contributed by atoms with Crippen molar-refractivity contribution in [3.8, 4) is 28.5 Å². The van der Waals surface area contributed by atoms with Gasteiger partial charge in [0.25, 0.3) is 0 Å². The maximum atomic E-state index is 6.00. The molecule has 1 N–H and O–H groups in total. The van der Waals surface area contributed by atoms with E-state index in [0.717, 1.165) is 39.3 Å². The summed E-state index contributed by atoms with van der Waals surface area (Å²) in [5, 5.41) is 14.5. The molecule has 1 aliphatic carbocycles. The molecule has 1 fully saturated rings. The van der Waals surface area contributed by atoms with Gasteiger partial charge in [0, 0.05) is 17.2 Å². The third-order valence-corrected chi connectivity index (χ3v) is 6.59.